The van der Waals surface area contributed by atoms with Gasteiger partial charge in [0, 0.05) is 6.42 Å². The fourth-order valence-electron chi connectivity index (χ4n) is 10.9. The number of rotatable bonds is 5. The van der Waals surface area contributed by atoms with Gasteiger partial charge in [0.05, 0.1) is 5.60 Å². The standard InChI is InChI=1S/C30H50O3/c1-19(2)21-9-10-22-26(21,5)15-17-29(8)23-13-14-30(33,20(3)4)24(11-12-25(31)32)27(23,6)16-18-28(22,29)7/h19,21-24,33H,3,9-18H2,1-2,4-8H3,(H,31,32). The van der Waals surface area contributed by atoms with E-state index in [2.05, 4.69) is 48.1 Å². The first-order chi connectivity index (χ1) is 15.2. The lowest BCUT2D eigenvalue weighted by atomic mass is 9.33. The second-order valence-electron chi connectivity index (χ2n) is 14.1. The minimum atomic E-state index is -0.940. The van der Waals surface area contributed by atoms with Crippen LogP contribution in [0.25, 0.3) is 0 Å². The number of hydrogen-bond donors (Lipinski definition) is 2. The van der Waals surface area contributed by atoms with E-state index in [1.807, 2.05) is 6.92 Å². The number of carbonyl (C=O) groups is 1. The van der Waals surface area contributed by atoms with Crippen LogP contribution in [0.1, 0.15) is 113 Å². The molecule has 33 heavy (non-hydrogen) atoms. The maximum atomic E-state index is 11.9. The summed E-state index contributed by atoms with van der Waals surface area (Å²) in [7, 11) is 0. The molecule has 4 aliphatic rings. The molecule has 0 aromatic carbocycles. The highest BCUT2D eigenvalue weighted by Gasteiger charge is 2.71. The zero-order valence-corrected chi connectivity index (χ0v) is 22.5. The Kier molecular flexibility index (Phi) is 6.00. The third-order valence-electron chi connectivity index (χ3n) is 12.8. The summed E-state index contributed by atoms with van der Waals surface area (Å²) in [5, 5.41) is 21.4. The first-order valence-electron chi connectivity index (χ1n) is 13.8. The predicted octanol–water partition coefficient (Wildman–Crippen LogP) is 7.48. The number of aliphatic carboxylic acids is 1. The number of carboxylic acids is 1. The molecule has 0 aromatic heterocycles. The van der Waals surface area contributed by atoms with Crippen LogP contribution >= 0.6 is 0 Å². The molecule has 9 atom stereocenters. The van der Waals surface area contributed by atoms with E-state index in [1.54, 1.807) is 0 Å². The van der Waals surface area contributed by atoms with Crippen LogP contribution in [0.5, 0.6) is 0 Å². The fraction of sp³-hybridized carbons (Fsp3) is 0.900. The average molecular weight is 459 g/mol. The van der Waals surface area contributed by atoms with Crippen molar-refractivity contribution in [3.63, 3.8) is 0 Å². The van der Waals surface area contributed by atoms with E-state index in [-0.39, 0.29) is 23.2 Å². The molecule has 0 aromatic rings. The Balaban J connectivity index is 1.74. The van der Waals surface area contributed by atoms with Crippen LogP contribution in [0.4, 0.5) is 0 Å². The van der Waals surface area contributed by atoms with Crippen molar-refractivity contribution < 1.29 is 15.0 Å². The van der Waals surface area contributed by atoms with Gasteiger partial charge in [-0.25, -0.2) is 0 Å². The van der Waals surface area contributed by atoms with E-state index in [0.717, 1.165) is 42.6 Å². The molecule has 4 fully saturated rings. The van der Waals surface area contributed by atoms with Crippen LogP contribution in [-0.2, 0) is 4.79 Å². The Morgan fingerprint density at radius 3 is 1.97 bits per heavy atom. The van der Waals surface area contributed by atoms with Crippen LogP contribution in [0.15, 0.2) is 12.2 Å². The highest BCUT2D eigenvalue weighted by atomic mass is 16.4. The van der Waals surface area contributed by atoms with E-state index in [4.69, 9.17) is 0 Å². The Bertz CT molecular complexity index is 817. The topological polar surface area (TPSA) is 57.5 Å². The third kappa shape index (κ3) is 3.26. The lowest BCUT2D eigenvalue weighted by molar-refractivity contribution is -0.245. The molecule has 4 aliphatic carbocycles. The maximum absolute atomic E-state index is 11.9. The molecule has 0 aliphatic heterocycles. The summed E-state index contributed by atoms with van der Waals surface area (Å²) in [6.07, 6.45) is 10.1. The number of fused-ring (bicyclic) bond motifs is 5. The number of aliphatic hydroxyl groups is 1. The van der Waals surface area contributed by atoms with E-state index in [9.17, 15) is 15.0 Å². The molecular weight excluding hydrogens is 408 g/mol. The lowest BCUT2D eigenvalue weighted by Gasteiger charge is -2.72. The van der Waals surface area contributed by atoms with Gasteiger partial charge in [0.15, 0.2) is 0 Å². The highest BCUT2D eigenvalue weighted by molar-refractivity contribution is 5.66. The largest absolute Gasteiger partial charge is 0.481 e. The van der Waals surface area contributed by atoms with Crippen molar-refractivity contribution in [2.24, 2.45) is 51.2 Å². The summed E-state index contributed by atoms with van der Waals surface area (Å²) in [5.74, 6) is 2.11. The molecular formula is C30H50O3. The Morgan fingerprint density at radius 2 is 1.45 bits per heavy atom. The maximum Gasteiger partial charge on any atom is 0.303 e. The fourth-order valence-corrected chi connectivity index (χ4v) is 10.9. The van der Waals surface area contributed by atoms with E-state index in [0.29, 0.717) is 23.2 Å². The molecule has 188 valence electrons. The zero-order chi connectivity index (χ0) is 24.6. The van der Waals surface area contributed by atoms with Gasteiger partial charge in [0.1, 0.15) is 0 Å². The number of carboxylic acid groups (broad SMARTS) is 1. The van der Waals surface area contributed by atoms with Crippen molar-refractivity contribution >= 4 is 5.97 Å². The summed E-state index contributed by atoms with van der Waals surface area (Å²) >= 11 is 0. The molecule has 3 heteroatoms. The zero-order valence-electron chi connectivity index (χ0n) is 22.5. The predicted molar refractivity (Wildman–Crippen MR) is 135 cm³/mol. The van der Waals surface area contributed by atoms with Gasteiger partial charge in [-0.2, -0.15) is 0 Å². The molecule has 4 rings (SSSR count). The summed E-state index contributed by atoms with van der Waals surface area (Å²) in [6, 6.07) is 0. The van der Waals surface area contributed by atoms with Gasteiger partial charge in [-0.3, -0.25) is 4.79 Å². The van der Waals surface area contributed by atoms with Gasteiger partial charge < -0.3 is 10.2 Å². The second kappa shape index (κ2) is 7.84. The second-order valence-corrected chi connectivity index (χ2v) is 14.1. The first kappa shape index (κ1) is 25.3. The van der Waals surface area contributed by atoms with Crippen molar-refractivity contribution in [3.05, 3.63) is 12.2 Å². The summed E-state index contributed by atoms with van der Waals surface area (Å²) in [5.41, 5.74) is 0.857. The molecule has 2 N–H and O–H groups in total. The minimum absolute atomic E-state index is 0.0287. The highest BCUT2D eigenvalue weighted by Crippen LogP contribution is 2.77. The monoisotopic (exact) mass is 458 g/mol. The van der Waals surface area contributed by atoms with Crippen LogP contribution in [0.3, 0.4) is 0 Å². The van der Waals surface area contributed by atoms with Crippen molar-refractivity contribution in [2.75, 3.05) is 0 Å². The van der Waals surface area contributed by atoms with E-state index < -0.39 is 11.6 Å². The average Bonchev–Trinajstić information content (AvgIpc) is 3.07. The van der Waals surface area contributed by atoms with Gasteiger partial charge in [0.25, 0.3) is 0 Å². The summed E-state index contributed by atoms with van der Waals surface area (Å²) in [6.45, 7) is 21.2. The molecule has 9 unspecified atom stereocenters. The van der Waals surface area contributed by atoms with Gasteiger partial charge >= 0.3 is 5.97 Å². The Labute approximate surface area is 202 Å². The molecule has 0 radical (unpaired) electrons. The molecule has 4 saturated carbocycles. The van der Waals surface area contributed by atoms with Gasteiger partial charge in [-0.1, -0.05) is 48.1 Å². The Morgan fingerprint density at radius 1 is 0.909 bits per heavy atom. The molecule has 0 heterocycles. The molecule has 0 spiro atoms. The Hall–Kier alpha value is -0.830. The van der Waals surface area contributed by atoms with Crippen LogP contribution in [0.2, 0.25) is 0 Å². The molecule has 0 saturated heterocycles. The van der Waals surface area contributed by atoms with E-state index >= 15 is 0 Å². The van der Waals surface area contributed by atoms with Gasteiger partial charge in [-0.05, 0) is 122 Å². The minimum Gasteiger partial charge on any atom is -0.481 e. The summed E-state index contributed by atoms with van der Waals surface area (Å²) in [4.78, 5) is 11.6. The van der Waals surface area contributed by atoms with Crippen LogP contribution in [-0.4, -0.2) is 21.8 Å². The van der Waals surface area contributed by atoms with Crippen molar-refractivity contribution in [1.82, 2.24) is 0 Å². The van der Waals surface area contributed by atoms with Gasteiger partial charge in [0.2, 0.25) is 0 Å². The molecule has 0 amide bonds. The van der Waals surface area contributed by atoms with Crippen molar-refractivity contribution in [3.8, 4) is 0 Å². The van der Waals surface area contributed by atoms with Crippen molar-refractivity contribution in [2.45, 2.75) is 118 Å². The van der Waals surface area contributed by atoms with Gasteiger partial charge in [-0.15, -0.1) is 0 Å². The number of hydrogen-bond acceptors (Lipinski definition) is 2. The smallest absolute Gasteiger partial charge is 0.303 e. The van der Waals surface area contributed by atoms with Crippen molar-refractivity contribution in [1.29, 1.82) is 0 Å². The first-order valence-corrected chi connectivity index (χ1v) is 13.8. The lowest BCUT2D eigenvalue weighted by Crippen LogP contribution is -2.67. The van der Waals surface area contributed by atoms with Crippen LogP contribution in [0, 0.1) is 51.2 Å². The normalized spacial score (nSPS) is 51.5. The summed E-state index contributed by atoms with van der Waals surface area (Å²) < 4.78 is 0. The van der Waals surface area contributed by atoms with Crippen LogP contribution < -0.4 is 0 Å². The third-order valence-corrected chi connectivity index (χ3v) is 12.8. The SMILES string of the molecule is C=C(C)C1(O)CCC2C(C)(CCC3(C)C4CCC(C(C)C)C4(C)CCC23C)C1CCC(=O)O. The molecule has 0 bridgehead atoms. The van der Waals surface area contributed by atoms with E-state index in [1.165, 1.54) is 32.1 Å². The molecule has 3 nitrogen and oxygen atoms in total. The quantitative estimate of drug-likeness (QED) is 0.420.